The second kappa shape index (κ2) is 12.5. The number of rotatable bonds is 6. The van der Waals surface area contributed by atoms with Crippen molar-refractivity contribution in [3.05, 3.63) is 34.2 Å². The molecular formula is C31H43N7O4. The zero-order chi connectivity index (χ0) is 29.2. The van der Waals surface area contributed by atoms with Crippen molar-refractivity contribution in [1.29, 1.82) is 0 Å². The molecule has 4 saturated heterocycles. The summed E-state index contributed by atoms with van der Waals surface area (Å²) in [5, 5.41) is 8.10. The number of hydrogen-bond donors (Lipinski definition) is 1. The summed E-state index contributed by atoms with van der Waals surface area (Å²) in [6.45, 7) is 11.0. The Morgan fingerprint density at radius 3 is 2.33 bits per heavy atom. The van der Waals surface area contributed by atoms with Gasteiger partial charge in [-0.05, 0) is 70.2 Å². The van der Waals surface area contributed by atoms with Crippen LogP contribution in [0.2, 0.25) is 0 Å². The second-order valence-corrected chi connectivity index (χ2v) is 12.5. The number of piperidine rings is 3. The summed E-state index contributed by atoms with van der Waals surface area (Å²) in [5.41, 5.74) is 1.39. The van der Waals surface area contributed by atoms with Crippen molar-refractivity contribution in [2.75, 3.05) is 70.3 Å². The lowest BCUT2D eigenvalue weighted by molar-refractivity contribution is -0.136. The fraction of sp³-hybridized carbons (Fsp3) is 0.645. The van der Waals surface area contributed by atoms with Crippen LogP contribution in [0.25, 0.3) is 10.8 Å². The van der Waals surface area contributed by atoms with Crippen LogP contribution >= 0.6 is 0 Å². The van der Waals surface area contributed by atoms with Gasteiger partial charge in [0.05, 0.1) is 17.6 Å². The van der Waals surface area contributed by atoms with Gasteiger partial charge in [0.25, 0.3) is 11.5 Å². The summed E-state index contributed by atoms with van der Waals surface area (Å²) in [6.07, 6.45) is 6.33. The van der Waals surface area contributed by atoms with Gasteiger partial charge in [0, 0.05) is 63.3 Å². The summed E-state index contributed by atoms with van der Waals surface area (Å²) in [7, 11) is 0. The minimum atomic E-state index is -0.773. The standard InChI is InChI=1S/C31H43N7O4/c1-22-25-6-5-24(19-26(25)31(42)38(33-22)27-7-8-28(39)32-30(27)41)36-17-15-35(16-18-36)20-23-9-13-37(14-10-23)29(40)21-34-11-3-2-4-12-34/h5-6,19,23,27H,2-4,7-18,20-21H2,1H3,(H,32,39,41). The van der Waals surface area contributed by atoms with E-state index in [1.165, 1.54) is 23.9 Å². The van der Waals surface area contributed by atoms with Gasteiger partial charge < -0.3 is 9.80 Å². The zero-order valence-electron chi connectivity index (χ0n) is 24.7. The van der Waals surface area contributed by atoms with Crippen LogP contribution in [0.1, 0.15) is 56.7 Å². The monoisotopic (exact) mass is 577 g/mol. The topological polar surface area (TPSA) is 111 Å². The van der Waals surface area contributed by atoms with E-state index in [-0.39, 0.29) is 24.3 Å². The van der Waals surface area contributed by atoms with E-state index in [1.807, 2.05) is 19.1 Å². The molecule has 4 aliphatic heterocycles. The third-order valence-corrected chi connectivity index (χ3v) is 9.62. The Morgan fingerprint density at radius 2 is 1.62 bits per heavy atom. The van der Waals surface area contributed by atoms with E-state index in [0.717, 1.165) is 82.8 Å². The van der Waals surface area contributed by atoms with Gasteiger partial charge in [0.1, 0.15) is 6.04 Å². The molecule has 1 atom stereocenters. The smallest absolute Gasteiger partial charge is 0.275 e. The van der Waals surface area contributed by atoms with Crippen LogP contribution in [0.5, 0.6) is 0 Å². The van der Waals surface area contributed by atoms with Crippen molar-refractivity contribution >= 4 is 34.2 Å². The minimum Gasteiger partial charge on any atom is -0.369 e. The van der Waals surface area contributed by atoms with Crippen LogP contribution in [-0.2, 0) is 14.4 Å². The van der Waals surface area contributed by atoms with Crippen LogP contribution in [0.15, 0.2) is 23.0 Å². The summed E-state index contributed by atoms with van der Waals surface area (Å²) >= 11 is 0. The highest BCUT2D eigenvalue weighted by Gasteiger charge is 2.31. The molecule has 4 aliphatic rings. The molecule has 11 heteroatoms. The molecule has 2 aromatic rings. The second-order valence-electron chi connectivity index (χ2n) is 12.5. The van der Waals surface area contributed by atoms with E-state index < -0.39 is 11.9 Å². The van der Waals surface area contributed by atoms with Crippen LogP contribution in [-0.4, -0.2) is 108 Å². The number of anilines is 1. The van der Waals surface area contributed by atoms with Gasteiger partial charge in [-0.15, -0.1) is 0 Å². The number of hydrogen-bond acceptors (Lipinski definition) is 8. The van der Waals surface area contributed by atoms with E-state index in [4.69, 9.17) is 0 Å². The zero-order valence-corrected chi connectivity index (χ0v) is 24.7. The van der Waals surface area contributed by atoms with Crippen molar-refractivity contribution in [3.8, 4) is 0 Å². The molecule has 0 radical (unpaired) electrons. The van der Waals surface area contributed by atoms with Crippen molar-refractivity contribution in [2.45, 2.75) is 57.9 Å². The number of amides is 3. The first-order valence-electron chi connectivity index (χ1n) is 15.7. The maximum atomic E-state index is 13.5. The molecule has 3 amide bonds. The minimum absolute atomic E-state index is 0.196. The van der Waals surface area contributed by atoms with Crippen LogP contribution in [0.4, 0.5) is 5.69 Å². The molecule has 1 aromatic heterocycles. The van der Waals surface area contributed by atoms with Crippen molar-refractivity contribution < 1.29 is 14.4 Å². The Balaban J connectivity index is 1.03. The number of imide groups is 1. The van der Waals surface area contributed by atoms with Gasteiger partial charge in [0.15, 0.2) is 0 Å². The molecule has 11 nitrogen and oxygen atoms in total. The number of piperazine rings is 1. The molecule has 0 bridgehead atoms. The van der Waals surface area contributed by atoms with E-state index >= 15 is 0 Å². The number of aryl methyl sites for hydroxylation is 1. The van der Waals surface area contributed by atoms with Gasteiger partial charge in [0.2, 0.25) is 11.8 Å². The molecule has 0 saturated carbocycles. The van der Waals surface area contributed by atoms with E-state index in [0.29, 0.717) is 29.4 Å². The Morgan fingerprint density at radius 1 is 0.881 bits per heavy atom. The molecule has 6 rings (SSSR count). The summed E-state index contributed by atoms with van der Waals surface area (Å²) < 4.78 is 1.26. The van der Waals surface area contributed by atoms with Crippen LogP contribution in [0, 0.1) is 12.8 Å². The van der Waals surface area contributed by atoms with E-state index in [9.17, 15) is 19.2 Å². The lowest BCUT2D eigenvalue weighted by Crippen LogP contribution is -2.50. The van der Waals surface area contributed by atoms with Crippen LogP contribution in [0.3, 0.4) is 0 Å². The predicted molar refractivity (Wildman–Crippen MR) is 160 cm³/mol. The number of carbonyl (C=O) groups excluding carboxylic acids is 3. The number of benzene rings is 1. The van der Waals surface area contributed by atoms with Gasteiger partial charge in [-0.3, -0.25) is 34.3 Å². The largest absolute Gasteiger partial charge is 0.369 e. The Hall–Kier alpha value is -3.31. The van der Waals surface area contributed by atoms with Crippen molar-refractivity contribution in [3.63, 3.8) is 0 Å². The fourth-order valence-electron chi connectivity index (χ4n) is 7.06. The molecule has 5 heterocycles. The number of nitrogens with zero attached hydrogens (tertiary/aromatic N) is 6. The maximum Gasteiger partial charge on any atom is 0.275 e. The normalized spacial score (nSPS) is 23.4. The first-order valence-corrected chi connectivity index (χ1v) is 15.7. The Bertz CT molecular complexity index is 1390. The Kier molecular flexibility index (Phi) is 8.57. The van der Waals surface area contributed by atoms with Crippen molar-refractivity contribution in [1.82, 2.24) is 29.8 Å². The number of fused-ring (bicyclic) bond motifs is 1. The van der Waals surface area contributed by atoms with Crippen molar-refractivity contribution in [2.24, 2.45) is 5.92 Å². The quantitative estimate of drug-likeness (QED) is 0.515. The molecule has 42 heavy (non-hydrogen) atoms. The molecule has 4 fully saturated rings. The third kappa shape index (κ3) is 6.22. The Labute approximate surface area is 246 Å². The van der Waals surface area contributed by atoms with Gasteiger partial charge in [-0.25, -0.2) is 4.68 Å². The highest BCUT2D eigenvalue weighted by molar-refractivity contribution is 5.99. The molecule has 1 aromatic carbocycles. The SMILES string of the molecule is Cc1nn(C2CCC(=O)NC2=O)c(=O)c2cc(N3CCN(CC4CCN(C(=O)CN5CCCCC5)CC4)CC3)ccc12. The van der Waals surface area contributed by atoms with E-state index in [1.54, 1.807) is 0 Å². The predicted octanol–water partition coefficient (Wildman–Crippen LogP) is 1.53. The lowest BCUT2D eigenvalue weighted by Gasteiger charge is -2.40. The highest BCUT2D eigenvalue weighted by Crippen LogP contribution is 2.26. The average Bonchev–Trinajstić information content (AvgIpc) is 3.00. The first-order chi connectivity index (χ1) is 20.4. The molecule has 0 aliphatic carbocycles. The summed E-state index contributed by atoms with van der Waals surface area (Å²) in [4.78, 5) is 59.6. The highest BCUT2D eigenvalue weighted by atomic mass is 16.2. The van der Waals surface area contributed by atoms with Gasteiger partial charge >= 0.3 is 0 Å². The first kappa shape index (κ1) is 28.8. The van der Waals surface area contributed by atoms with E-state index in [2.05, 4.69) is 36.1 Å². The molecule has 0 spiro atoms. The maximum absolute atomic E-state index is 13.5. The molecule has 226 valence electrons. The summed E-state index contributed by atoms with van der Waals surface area (Å²) in [6, 6.07) is 5.17. The molecule has 1 N–H and O–H groups in total. The number of likely N-dealkylation sites (tertiary alicyclic amines) is 2. The lowest BCUT2D eigenvalue weighted by atomic mass is 9.95. The van der Waals surface area contributed by atoms with Crippen LogP contribution < -0.4 is 15.8 Å². The molecular weight excluding hydrogens is 534 g/mol. The third-order valence-electron chi connectivity index (χ3n) is 9.62. The number of nitrogens with one attached hydrogen (secondary N) is 1. The number of carbonyl (C=O) groups is 3. The van der Waals surface area contributed by atoms with Gasteiger partial charge in [-0.1, -0.05) is 12.5 Å². The average molecular weight is 578 g/mol. The fourth-order valence-corrected chi connectivity index (χ4v) is 7.06. The molecule has 1 unspecified atom stereocenters. The summed E-state index contributed by atoms with van der Waals surface area (Å²) in [5.74, 6) is 0.139. The van der Waals surface area contributed by atoms with Gasteiger partial charge in [-0.2, -0.15) is 5.10 Å². The number of aromatic nitrogens is 2.